The molecule has 0 saturated heterocycles. The topological polar surface area (TPSA) is 35.5 Å². The maximum Gasteiger partial charge on any atom is 0.0597 e. The molecule has 2 saturated carbocycles. The van der Waals surface area contributed by atoms with E-state index >= 15 is 0 Å². The molecule has 2 aliphatic carbocycles. The predicted octanol–water partition coefficient (Wildman–Crippen LogP) is 2.00. The molecular formula is C15H30N2O. The van der Waals surface area contributed by atoms with Gasteiger partial charge in [0.25, 0.3) is 0 Å². The van der Waals surface area contributed by atoms with Crippen LogP contribution < -0.4 is 5.32 Å². The zero-order chi connectivity index (χ0) is 13.0. The summed E-state index contributed by atoms with van der Waals surface area (Å²) in [5.74, 6) is 0.714. The van der Waals surface area contributed by atoms with Crippen molar-refractivity contribution in [1.29, 1.82) is 0 Å². The Hall–Kier alpha value is -0.120. The normalized spacial score (nSPS) is 23.2. The highest BCUT2D eigenvalue weighted by atomic mass is 16.3. The van der Waals surface area contributed by atoms with E-state index in [-0.39, 0.29) is 12.6 Å². The van der Waals surface area contributed by atoms with E-state index in [2.05, 4.69) is 24.1 Å². The maximum atomic E-state index is 9.54. The number of aliphatic hydroxyl groups is 1. The molecule has 0 aromatic rings. The molecule has 0 aromatic carbocycles. The fraction of sp³-hybridized carbons (Fsp3) is 1.00. The number of nitrogens with zero attached hydrogens (tertiary/aromatic N) is 1. The number of rotatable bonds is 8. The summed E-state index contributed by atoms with van der Waals surface area (Å²) >= 11 is 0. The molecule has 3 heteroatoms. The molecule has 0 heterocycles. The molecule has 2 fully saturated rings. The lowest BCUT2D eigenvalue weighted by Crippen LogP contribution is -2.48. The van der Waals surface area contributed by atoms with Gasteiger partial charge in [-0.05, 0) is 31.6 Å². The molecule has 0 radical (unpaired) electrons. The summed E-state index contributed by atoms with van der Waals surface area (Å²) in [4.78, 5) is 2.63. The third kappa shape index (κ3) is 4.52. The summed E-state index contributed by atoms with van der Waals surface area (Å²) in [5, 5.41) is 13.1. The van der Waals surface area contributed by atoms with Crippen LogP contribution in [0.5, 0.6) is 0 Å². The van der Waals surface area contributed by atoms with Crippen molar-refractivity contribution in [3.8, 4) is 0 Å². The molecule has 2 aliphatic rings. The Balaban J connectivity index is 1.84. The SMILES string of the molecule is CC(C)CN(CC(CO)NC1CC1)C1CCCC1. The van der Waals surface area contributed by atoms with Gasteiger partial charge in [0.2, 0.25) is 0 Å². The Morgan fingerprint density at radius 2 is 1.78 bits per heavy atom. The van der Waals surface area contributed by atoms with Gasteiger partial charge in [-0.1, -0.05) is 26.7 Å². The van der Waals surface area contributed by atoms with Crippen molar-refractivity contribution in [2.24, 2.45) is 5.92 Å². The van der Waals surface area contributed by atoms with Gasteiger partial charge in [0.1, 0.15) is 0 Å². The maximum absolute atomic E-state index is 9.54. The van der Waals surface area contributed by atoms with Gasteiger partial charge in [-0.25, -0.2) is 0 Å². The van der Waals surface area contributed by atoms with E-state index in [0.29, 0.717) is 12.0 Å². The van der Waals surface area contributed by atoms with Crippen molar-refractivity contribution >= 4 is 0 Å². The van der Waals surface area contributed by atoms with Gasteiger partial charge >= 0.3 is 0 Å². The molecule has 2 N–H and O–H groups in total. The molecule has 106 valence electrons. The van der Waals surface area contributed by atoms with Gasteiger partial charge in [0, 0.05) is 31.2 Å². The quantitative estimate of drug-likeness (QED) is 0.695. The summed E-state index contributed by atoms with van der Waals surface area (Å²) in [6.07, 6.45) is 8.08. The second kappa shape index (κ2) is 6.88. The second-order valence-corrected chi connectivity index (χ2v) is 6.61. The minimum Gasteiger partial charge on any atom is -0.395 e. The Kier molecular flexibility index (Phi) is 5.46. The van der Waals surface area contributed by atoms with Gasteiger partial charge in [0.15, 0.2) is 0 Å². The lowest BCUT2D eigenvalue weighted by Gasteiger charge is -2.33. The molecule has 2 rings (SSSR count). The molecule has 3 nitrogen and oxygen atoms in total. The Morgan fingerprint density at radius 1 is 1.11 bits per heavy atom. The molecule has 0 aliphatic heterocycles. The van der Waals surface area contributed by atoms with E-state index in [1.807, 2.05) is 0 Å². The van der Waals surface area contributed by atoms with E-state index in [1.165, 1.54) is 45.1 Å². The molecule has 0 amide bonds. The van der Waals surface area contributed by atoms with Gasteiger partial charge in [-0.2, -0.15) is 0 Å². The third-order valence-electron chi connectivity index (χ3n) is 4.16. The van der Waals surface area contributed by atoms with Gasteiger partial charge in [-0.3, -0.25) is 4.90 Å². The summed E-state index contributed by atoms with van der Waals surface area (Å²) in [7, 11) is 0. The lowest BCUT2D eigenvalue weighted by molar-refractivity contribution is 0.131. The van der Waals surface area contributed by atoms with Crippen molar-refractivity contribution in [1.82, 2.24) is 10.2 Å². The van der Waals surface area contributed by atoms with Crippen molar-refractivity contribution < 1.29 is 5.11 Å². The Bertz CT molecular complexity index is 235. The molecule has 0 spiro atoms. The molecular weight excluding hydrogens is 224 g/mol. The fourth-order valence-electron chi connectivity index (χ4n) is 3.14. The van der Waals surface area contributed by atoms with Gasteiger partial charge < -0.3 is 10.4 Å². The third-order valence-corrected chi connectivity index (χ3v) is 4.16. The summed E-state index contributed by atoms with van der Waals surface area (Å²) in [6.45, 7) is 7.07. The smallest absolute Gasteiger partial charge is 0.0597 e. The van der Waals surface area contributed by atoms with Crippen molar-refractivity contribution in [2.75, 3.05) is 19.7 Å². The number of hydrogen-bond donors (Lipinski definition) is 2. The first kappa shape index (κ1) is 14.3. The first-order chi connectivity index (χ1) is 8.69. The van der Waals surface area contributed by atoms with Crippen LogP contribution in [0.15, 0.2) is 0 Å². The fourth-order valence-corrected chi connectivity index (χ4v) is 3.14. The van der Waals surface area contributed by atoms with Gasteiger partial charge in [0.05, 0.1) is 6.61 Å². The zero-order valence-electron chi connectivity index (χ0n) is 12.1. The van der Waals surface area contributed by atoms with E-state index in [4.69, 9.17) is 0 Å². The van der Waals surface area contributed by atoms with E-state index in [9.17, 15) is 5.11 Å². The van der Waals surface area contributed by atoms with E-state index in [0.717, 1.165) is 12.6 Å². The molecule has 18 heavy (non-hydrogen) atoms. The monoisotopic (exact) mass is 254 g/mol. The number of hydrogen-bond acceptors (Lipinski definition) is 3. The summed E-state index contributed by atoms with van der Waals surface area (Å²) in [5.41, 5.74) is 0. The minimum absolute atomic E-state index is 0.275. The summed E-state index contributed by atoms with van der Waals surface area (Å²) < 4.78 is 0. The van der Waals surface area contributed by atoms with Crippen molar-refractivity contribution in [3.05, 3.63) is 0 Å². The average molecular weight is 254 g/mol. The molecule has 1 unspecified atom stereocenters. The first-order valence-corrected chi connectivity index (χ1v) is 7.80. The standard InChI is InChI=1S/C15H30N2O/c1-12(2)9-17(15-5-3-4-6-15)10-14(11-18)16-13-7-8-13/h12-16,18H,3-11H2,1-2H3. The van der Waals surface area contributed by atoms with Crippen LogP contribution in [0, 0.1) is 5.92 Å². The van der Waals surface area contributed by atoms with E-state index in [1.54, 1.807) is 0 Å². The van der Waals surface area contributed by atoms with E-state index < -0.39 is 0 Å². The first-order valence-electron chi connectivity index (χ1n) is 7.80. The molecule has 1 atom stereocenters. The van der Waals surface area contributed by atoms with Crippen LogP contribution in [-0.2, 0) is 0 Å². The van der Waals surface area contributed by atoms with Crippen LogP contribution in [-0.4, -0.2) is 47.8 Å². The van der Waals surface area contributed by atoms with Crippen LogP contribution in [0.2, 0.25) is 0 Å². The van der Waals surface area contributed by atoms with Crippen LogP contribution in [0.3, 0.4) is 0 Å². The van der Waals surface area contributed by atoms with Crippen molar-refractivity contribution in [3.63, 3.8) is 0 Å². The predicted molar refractivity (Wildman–Crippen MR) is 75.7 cm³/mol. The molecule has 0 aromatic heterocycles. The van der Waals surface area contributed by atoms with Gasteiger partial charge in [-0.15, -0.1) is 0 Å². The second-order valence-electron chi connectivity index (χ2n) is 6.61. The van der Waals surface area contributed by atoms with Crippen molar-refractivity contribution in [2.45, 2.75) is 70.5 Å². The Morgan fingerprint density at radius 3 is 2.28 bits per heavy atom. The largest absolute Gasteiger partial charge is 0.395 e. The number of nitrogens with one attached hydrogen (secondary N) is 1. The lowest BCUT2D eigenvalue weighted by atomic mass is 10.1. The van der Waals surface area contributed by atoms with Crippen LogP contribution >= 0.6 is 0 Å². The minimum atomic E-state index is 0.275. The van der Waals surface area contributed by atoms with Crippen LogP contribution in [0.4, 0.5) is 0 Å². The Labute approximate surface area is 112 Å². The highest BCUT2D eigenvalue weighted by molar-refractivity contribution is 4.88. The zero-order valence-corrected chi connectivity index (χ0v) is 12.1. The highest BCUT2D eigenvalue weighted by Gasteiger charge is 2.28. The molecule has 0 bridgehead atoms. The van der Waals surface area contributed by atoms with Crippen LogP contribution in [0.25, 0.3) is 0 Å². The average Bonchev–Trinajstić information content (AvgIpc) is 2.97. The number of aliphatic hydroxyl groups excluding tert-OH is 1. The van der Waals surface area contributed by atoms with Crippen LogP contribution in [0.1, 0.15) is 52.4 Å². The summed E-state index contributed by atoms with van der Waals surface area (Å²) in [6, 6.07) is 1.73. The highest BCUT2D eigenvalue weighted by Crippen LogP contribution is 2.25.